The van der Waals surface area contributed by atoms with Crippen LogP contribution in [0.25, 0.3) is 11.0 Å². The average Bonchev–Trinajstić information content (AvgIpc) is 3.07. The van der Waals surface area contributed by atoms with Gasteiger partial charge in [0.05, 0.1) is 16.6 Å². The van der Waals surface area contributed by atoms with E-state index in [1.807, 2.05) is 25.2 Å². The average molecular weight is 422 g/mol. The quantitative estimate of drug-likeness (QED) is 0.515. The maximum absolute atomic E-state index is 12.4. The van der Waals surface area contributed by atoms with Crippen LogP contribution in [-0.2, 0) is 11.3 Å². The largest absolute Gasteiger partial charge is 0.494 e. The highest BCUT2D eigenvalue weighted by atomic mass is 16.3. The molecule has 2 aromatic heterocycles. The van der Waals surface area contributed by atoms with Gasteiger partial charge in [0.25, 0.3) is 0 Å². The first-order valence-electron chi connectivity index (χ1n) is 10.4. The molecule has 1 aliphatic rings. The fourth-order valence-corrected chi connectivity index (χ4v) is 3.72. The number of rotatable bonds is 0. The molecule has 162 valence electrons. The summed E-state index contributed by atoms with van der Waals surface area (Å²) in [5.41, 5.74) is 2.97. The van der Waals surface area contributed by atoms with E-state index in [4.69, 9.17) is 0 Å². The number of carbonyl (C=O) groups excluding carboxylic acids is 1. The van der Waals surface area contributed by atoms with E-state index in [9.17, 15) is 9.90 Å². The van der Waals surface area contributed by atoms with Crippen LogP contribution in [0.2, 0.25) is 0 Å². The van der Waals surface area contributed by atoms with Crippen LogP contribution in [0.4, 0.5) is 11.5 Å². The number of anilines is 1. The molecule has 0 fully saturated rings. The summed E-state index contributed by atoms with van der Waals surface area (Å²) in [4.78, 5) is 32.4. The van der Waals surface area contributed by atoms with Crippen molar-refractivity contribution in [3.8, 4) is 5.88 Å². The predicted octanol–water partition coefficient (Wildman–Crippen LogP) is 2.51. The van der Waals surface area contributed by atoms with E-state index in [2.05, 4.69) is 43.3 Å². The molecule has 31 heavy (non-hydrogen) atoms. The number of fused-ring (bicyclic) bond motifs is 2. The minimum absolute atomic E-state index is 0.0140. The molecule has 0 unspecified atom stereocenters. The lowest BCUT2D eigenvalue weighted by atomic mass is 10.1. The molecule has 1 aromatic carbocycles. The summed E-state index contributed by atoms with van der Waals surface area (Å²) in [5.74, 6) is 0.693. The van der Waals surface area contributed by atoms with Gasteiger partial charge >= 0.3 is 0 Å². The number of hydrogen-bond acceptors (Lipinski definition) is 7. The van der Waals surface area contributed by atoms with E-state index < -0.39 is 0 Å². The Hall–Kier alpha value is -3.46. The smallest absolute Gasteiger partial charge is 0.222 e. The Morgan fingerprint density at radius 1 is 1.16 bits per heavy atom. The lowest BCUT2D eigenvalue weighted by molar-refractivity contribution is -0.129. The minimum atomic E-state index is -0.0140. The summed E-state index contributed by atoms with van der Waals surface area (Å²) in [7, 11) is 3.87. The molecule has 0 atom stereocenters. The van der Waals surface area contributed by atoms with Gasteiger partial charge in [0, 0.05) is 39.3 Å². The van der Waals surface area contributed by atoms with Crippen LogP contribution in [0.15, 0.2) is 35.6 Å². The van der Waals surface area contributed by atoms with Gasteiger partial charge in [-0.05, 0) is 37.7 Å². The van der Waals surface area contributed by atoms with Crippen LogP contribution in [0.1, 0.15) is 24.0 Å². The van der Waals surface area contributed by atoms with E-state index in [0.717, 1.165) is 30.8 Å². The van der Waals surface area contributed by atoms with E-state index in [1.54, 1.807) is 11.1 Å². The zero-order chi connectivity index (χ0) is 21.8. The number of nitrogens with zero attached hydrogens (tertiary/aromatic N) is 5. The third kappa shape index (κ3) is 4.83. The second-order valence-electron chi connectivity index (χ2n) is 7.84. The molecule has 1 amide bonds. The lowest BCUT2D eigenvalue weighted by Gasteiger charge is -2.20. The number of H-pyrrole nitrogens is 1. The first kappa shape index (κ1) is 20.8. The van der Waals surface area contributed by atoms with Crippen LogP contribution < -0.4 is 5.32 Å². The Balaban J connectivity index is 1.71. The number of likely N-dealkylation sites (N-methyl/N-ethyl adjacent to an activating group) is 1. The van der Waals surface area contributed by atoms with Crippen LogP contribution in [0.5, 0.6) is 5.88 Å². The normalized spacial score (nSPS) is 16.7. The summed E-state index contributed by atoms with van der Waals surface area (Å²) >= 11 is 0. The Morgan fingerprint density at radius 3 is 2.90 bits per heavy atom. The molecule has 9 nitrogen and oxygen atoms in total. The molecule has 2 bridgehead atoms. The molecule has 0 spiro atoms. The summed E-state index contributed by atoms with van der Waals surface area (Å²) in [6, 6.07) is 7.98. The molecular formula is C22H27N7O2. The van der Waals surface area contributed by atoms with Crippen molar-refractivity contribution in [1.82, 2.24) is 24.8 Å². The Labute approximate surface area is 180 Å². The van der Waals surface area contributed by atoms with Gasteiger partial charge in [-0.25, -0.2) is 9.97 Å². The van der Waals surface area contributed by atoms with E-state index in [1.165, 1.54) is 6.33 Å². The van der Waals surface area contributed by atoms with E-state index in [0.29, 0.717) is 41.9 Å². The highest BCUT2D eigenvalue weighted by Gasteiger charge is 2.16. The molecular weight excluding hydrogens is 394 g/mol. The lowest BCUT2D eigenvalue weighted by Crippen LogP contribution is -2.32. The fourth-order valence-electron chi connectivity index (χ4n) is 3.72. The van der Waals surface area contributed by atoms with Gasteiger partial charge in [-0.15, -0.1) is 0 Å². The fraction of sp³-hybridized carbons (Fsp3) is 0.364. The van der Waals surface area contributed by atoms with Crippen LogP contribution in [0.3, 0.4) is 0 Å². The van der Waals surface area contributed by atoms with Crippen molar-refractivity contribution in [1.29, 1.82) is 0 Å². The van der Waals surface area contributed by atoms with Crippen molar-refractivity contribution in [3.63, 3.8) is 0 Å². The van der Waals surface area contributed by atoms with Crippen molar-refractivity contribution >= 4 is 34.7 Å². The summed E-state index contributed by atoms with van der Waals surface area (Å²) in [6.07, 6.45) is 4.38. The van der Waals surface area contributed by atoms with Crippen molar-refractivity contribution in [2.75, 3.05) is 39.0 Å². The minimum Gasteiger partial charge on any atom is -0.494 e. The van der Waals surface area contributed by atoms with Gasteiger partial charge in [-0.1, -0.05) is 12.1 Å². The summed E-state index contributed by atoms with van der Waals surface area (Å²) in [5, 5.41) is 14.4. The van der Waals surface area contributed by atoms with Crippen LogP contribution >= 0.6 is 0 Å². The molecule has 3 aromatic rings. The second-order valence-corrected chi connectivity index (χ2v) is 7.84. The maximum Gasteiger partial charge on any atom is 0.222 e. The zero-order valence-corrected chi connectivity index (χ0v) is 17.8. The van der Waals surface area contributed by atoms with E-state index in [-0.39, 0.29) is 11.8 Å². The molecule has 4 rings (SSSR count). The molecule has 3 N–H and O–H groups in total. The number of aliphatic imine (C=N–C) groups is 1. The van der Waals surface area contributed by atoms with Gasteiger partial charge in [-0.2, -0.15) is 0 Å². The molecule has 0 aliphatic carbocycles. The van der Waals surface area contributed by atoms with Crippen molar-refractivity contribution in [3.05, 3.63) is 41.7 Å². The highest BCUT2D eigenvalue weighted by molar-refractivity contribution is 6.06. The van der Waals surface area contributed by atoms with Crippen LogP contribution in [-0.4, -0.2) is 75.7 Å². The Morgan fingerprint density at radius 2 is 2.03 bits per heavy atom. The SMILES string of the molecule is CN1CCCC(=O)N(C)CCNc2ncnc3[nH]c(O)c(c23)C=Nc2cccc(c2)C1. The first-order chi connectivity index (χ1) is 15.0. The second kappa shape index (κ2) is 9.13. The number of benzene rings is 1. The van der Waals surface area contributed by atoms with Gasteiger partial charge < -0.3 is 25.2 Å². The predicted molar refractivity (Wildman–Crippen MR) is 121 cm³/mol. The van der Waals surface area contributed by atoms with Gasteiger partial charge in [-0.3, -0.25) is 9.79 Å². The van der Waals surface area contributed by atoms with Crippen molar-refractivity contribution in [2.24, 2.45) is 4.99 Å². The number of hydrogen-bond donors (Lipinski definition) is 3. The Kier molecular flexibility index (Phi) is 6.13. The number of nitrogens with one attached hydrogen (secondary N) is 2. The number of amides is 1. The number of aromatic nitrogens is 3. The molecule has 3 heterocycles. The van der Waals surface area contributed by atoms with Crippen LogP contribution in [0, 0.1) is 0 Å². The maximum atomic E-state index is 12.4. The van der Waals surface area contributed by atoms with Crippen molar-refractivity contribution in [2.45, 2.75) is 19.4 Å². The molecule has 0 radical (unpaired) electrons. The molecule has 1 aliphatic heterocycles. The summed E-state index contributed by atoms with van der Waals surface area (Å²) in [6.45, 7) is 2.68. The third-order valence-corrected chi connectivity index (χ3v) is 5.41. The highest BCUT2D eigenvalue weighted by Crippen LogP contribution is 2.29. The number of aromatic amines is 1. The monoisotopic (exact) mass is 421 g/mol. The number of carbonyl (C=O) groups is 1. The molecule has 9 heteroatoms. The molecule has 0 saturated carbocycles. The summed E-state index contributed by atoms with van der Waals surface area (Å²) < 4.78 is 0. The van der Waals surface area contributed by atoms with E-state index >= 15 is 0 Å². The zero-order valence-electron chi connectivity index (χ0n) is 17.8. The third-order valence-electron chi connectivity index (χ3n) is 5.41. The number of aromatic hydroxyl groups is 1. The molecule has 0 saturated heterocycles. The standard InChI is InChI=1S/C22H27N7O2/c1-28-9-4-7-18(30)29(2)10-8-23-20-19-17(22(31)27-21(19)26-14-25-20)12-24-16-6-3-5-15(11-16)13-28/h3,5-6,11-12,14,31H,4,7-10,13H2,1-2H3,(H2,23,25,26,27). The van der Waals surface area contributed by atoms with Gasteiger partial charge in [0.15, 0.2) is 5.88 Å². The van der Waals surface area contributed by atoms with Gasteiger partial charge in [0.1, 0.15) is 17.8 Å². The van der Waals surface area contributed by atoms with Gasteiger partial charge in [0.2, 0.25) is 5.91 Å². The topological polar surface area (TPSA) is 110 Å². The van der Waals surface area contributed by atoms with Crippen molar-refractivity contribution < 1.29 is 9.90 Å². The first-order valence-corrected chi connectivity index (χ1v) is 10.4. The Bertz CT molecular complexity index is 1110.